The lowest BCUT2D eigenvalue weighted by Gasteiger charge is -2.18. The fourth-order valence-corrected chi connectivity index (χ4v) is 1.61. The molecule has 0 radical (unpaired) electrons. The standard InChI is InChI=1S/C12H14N4O2S/c1-7(15-16-12(19)13-2)8-3-4-10-9(5-8)14-11(17)6-18-10/h3-5H,6H2,1-2H3,(H,14,17)(H2,13,16,19)/b15-7-. The first-order valence-electron chi connectivity index (χ1n) is 5.69. The molecule has 1 aliphatic rings. The fraction of sp³-hybridized carbons (Fsp3) is 0.250. The molecule has 100 valence electrons. The van der Waals surface area contributed by atoms with E-state index in [0.717, 1.165) is 11.3 Å². The summed E-state index contributed by atoms with van der Waals surface area (Å²) in [5.74, 6) is 0.503. The topological polar surface area (TPSA) is 74.8 Å². The van der Waals surface area contributed by atoms with Gasteiger partial charge in [0.2, 0.25) is 0 Å². The van der Waals surface area contributed by atoms with E-state index in [-0.39, 0.29) is 12.5 Å². The first-order valence-corrected chi connectivity index (χ1v) is 6.10. The predicted octanol–water partition coefficient (Wildman–Crippen LogP) is 0.835. The van der Waals surface area contributed by atoms with Crippen molar-refractivity contribution in [2.24, 2.45) is 5.10 Å². The number of carbonyl (C=O) groups is 1. The Bertz CT molecular complexity index is 557. The molecule has 0 unspecified atom stereocenters. The van der Waals surface area contributed by atoms with E-state index < -0.39 is 0 Å². The molecule has 0 aromatic heterocycles. The summed E-state index contributed by atoms with van der Waals surface area (Å²) in [6, 6.07) is 5.49. The van der Waals surface area contributed by atoms with E-state index in [1.165, 1.54) is 0 Å². The van der Waals surface area contributed by atoms with Crippen molar-refractivity contribution in [1.29, 1.82) is 0 Å². The number of hydrogen-bond acceptors (Lipinski definition) is 4. The maximum atomic E-state index is 11.3. The first-order chi connectivity index (χ1) is 9.10. The summed E-state index contributed by atoms with van der Waals surface area (Å²) in [5.41, 5.74) is 4.98. The summed E-state index contributed by atoms with van der Waals surface area (Å²) in [7, 11) is 1.71. The Labute approximate surface area is 116 Å². The highest BCUT2D eigenvalue weighted by atomic mass is 32.1. The molecule has 19 heavy (non-hydrogen) atoms. The lowest BCUT2D eigenvalue weighted by Crippen LogP contribution is -2.29. The Morgan fingerprint density at radius 2 is 2.32 bits per heavy atom. The molecule has 1 heterocycles. The van der Waals surface area contributed by atoms with Crippen LogP contribution in [0, 0.1) is 0 Å². The lowest BCUT2D eigenvalue weighted by atomic mass is 10.1. The summed E-state index contributed by atoms with van der Waals surface area (Å²) < 4.78 is 5.29. The molecule has 1 aromatic carbocycles. The number of benzene rings is 1. The minimum atomic E-state index is -0.159. The van der Waals surface area contributed by atoms with Gasteiger partial charge in [0.25, 0.3) is 5.91 Å². The maximum absolute atomic E-state index is 11.3. The Balaban J connectivity index is 2.19. The van der Waals surface area contributed by atoms with Gasteiger partial charge in [-0.15, -0.1) is 0 Å². The van der Waals surface area contributed by atoms with Gasteiger partial charge in [-0.3, -0.25) is 10.2 Å². The Kier molecular flexibility index (Phi) is 3.96. The Morgan fingerprint density at radius 3 is 3.05 bits per heavy atom. The van der Waals surface area contributed by atoms with Crippen LogP contribution in [0.2, 0.25) is 0 Å². The lowest BCUT2D eigenvalue weighted by molar-refractivity contribution is -0.118. The van der Waals surface area contributed by atoms with E-state index in [1.54, 1.807) is 13.1 Å². The number of ether oxygens (including phenoxy) is 1. The second-order valence-corrected chi connectivity index (χ2v) is 4.34. The number of amides is 1. The molecule has 7 heteroatoms. The van der Waals surface area contributed by atoms with Crippen LogP contribution in [0.1, 0.15) is 12.5 Å². The van der Waals surface area contributed by atoms with E-state index >= 15 is 0 Å². The van der Waals surface area contributed by atoms with Crippen molar-refractivity contribution in [3.63, 3.8) is 0 Å². The zero-order chi connectivity index (χ0) is 13.8. The largest absolute Gasteiger partial charge is 0.482 e. The van der Waals surface area contributed by atoms with Crippen molar-refractivity contribution in [1.82, 2.24) is 10.7 Å². The minimum absolute atomic E-state index is 0.0530. The third-order valence-corrected chi connectivity index (χ3v) is 2.88. The SMILES string of the molecule is CNC(=S)N/N=C(/C)c1ccc2c(c1)NC(=O)CO2. The quantitative estimate of drug-likeness (QED) is 0.424. The monoisotopic (exact) mass is 278 g/mol. The molecule has 1 amide bonds. The van der Waals surface area contributed by atoms with Crippen LogP contribution in [-0.2, 0) is 4.79 Å². The number of carbonyl (C=O) groups excluding carboxylic acids is 1. The molecule has 0 bridgehead atoms. The van der Waals surface area contributed by atoms with Crippen LogP contribution in [0.15, 0.2) is 23.3 Å². The second kappa shape index (κ2) is 5.66. The maximum Gasteiger partial charge on any atom is 0.262 e. The minimum Gasteiger partial charge on any atom is -0.482 e. The molecular formula is C12H14N4O2S. The van der Waals surface area contributed by atoms with Gasteiger partial charge in [-0.25, -0.2) is 0 Å². The number of fused-ring (bicyclic) bond motifs is 1. The van der Waals surface area contributed by atoms with Gasteiger partial charge in [0.15, 0.2) is 11.7 Å². The molecule has 0 atom stereocenters. The molecule has 0 saturated carbocycles. The zero-order valence-electron chi connectivity index (χ0n) is 10.6. The highest BCUT2D eigenvalue weighted by Crippen LogP contribution is 2.28. The van der Waals surface area contributed by atoms with E-state index in [2.05, 4.69) is 21.2 Å². The molecular weight excluding hydrogens is 264 g/mol. The van der Waals surface area contributed by atoms with Crippen molar-refractivity contribution in [3.8, 4) is 5.75 Å². The number of nitrogens with zero attached hydrogens (tertiary/aromatic N) is 1. The molecule has 6 nitrogen and oxygen atoms in total. The average molecular weight is 278 g/mol. The highest BCUT2D eigenvalue weighted by molar-refractivity contribution is 7.80. The van der Waals surface area contributed by atoms with Crippen molar-refractivity contribution < 1.29 is 9.53 Å². The van der Waals surface area contributed by atoms with E-state index in [0.29, 0.717) is 16.5 Å². The van der Waals surface area contributed by atoms with Crippen molar-refractivity contribution in [3.05, 3.63) is 23.8 Å². The molecule has 3 N–H and O–H groups in total. The van der Waals surface area contributed by atoms with Gasteiger partial charge in [-0.1, -0.05) is 0 Å². The van der Waals surface area contributed by atoms with Crippen LogP contribution in [0.5, 0.6) is 5.75 Å². The molecule has 0 aliphatic carbocycles. The first kappa shape index (κ1) is 13.3. The van der Waals surface area contributed by atoms with E-state index in [9.17, 15) is 4.79 Å². The van der Waals surface area contributed by atoms with Crippen LogP contribution in [0.3, 0.4) is 0 Å². The Morgan fingerprint density at radius 1 is 1.53 bits per heavy atom. The fourth-order valence-electron chi connectivity index (χ4n) is 1.56. The molecule has 1 aliphatic heterocycles. The average Bonchev–Trinajstić information content (AvgIpc) is 2.43. The van der Waals surface area contributed by atoms with Crippen LogP contribution in [0.25, 0.3) is 0 Å². The van der Waals surface area contributed by atoms with Crippen molar-refractivity contribution in [2.75, 3.05) is 19.0 Å². The van der Waals surface area contributed by atoms with Crippen LogP contribution >= 0.6 is 12.2 Å². The van der Waals surface area contributed by atoms with E-state index in [1.807, 2.05) is 19.1 Å². The summed E-state index contributed by atoms with van der Waals surface area (Å²) in [4.78, 5) is 11.3. The van der Waals surface area contributed by atoms with E-state index in [4.69, 9.17) is 17.0 Å². The molecule has 1 aromatic rings. The summed E-state index contributed by atoms with van der Waals surface area (Å²) in [6.07, 6.45) is 0. The summed E-state index contributed by atoms with van der Waals surface area (Å²) >= 11 is 4.93. The zero-order valence-corrected chi connectivity index (χ0v) is 11.4. The van der Waals surface area contributed by atoms with Crippen molar-refractivity contribution in [2.45, 2.75) is 6.92 Å². The van der Waals surface area contributed by atoms with Gasteiger partial charge in [-0.2, -0.15) is 5.10 Å². The molecule has 2 rings (SSSR count). The normalized spacial score (nSPS) is 14.0. The smallest absolute Gasteiger partial charge is 0.262 e. The van der Waals surface area contributed by atoms with Gasteiger partial charge in [-0.05, 0) is 42.9 Å². The van der Waals surface area contributed by atoms with Gasteiger partial charge < -0.3 is 15.4 Å². The number of anilines is 1. The van der Waals surface area contributed by atoms with Crippen LogP contribution in [-0.4, -0.2) is 30.4 Å². The number of thiocarbonyl (C=S) groups is 1. The summed E-state index contributed by atoms with van der Waals surface area (Å²) in [6.45, 7) is 1.90. The molecule has 0 saturated heterocycles. The van der Waals surface area contributed by atoms with Crippen molar-refractivity contribution >= 4 is 34.6 Å². The second-order valence-electron chi connectivity index (χ2n) is 3.94. The number of hydrogen-bond donors (Lipinski definition) is 3. The van der Waals surface area contributed by atoms with Gasteiger partial charge in [0.1, 0.15) is 5.75 Å². The number of nitrogens with one attached hydrogen (secondary N) is 3. The van der Waals surface area contributed by atoms with Crippen LogP contribution in [0.4, 0.5) is 5.69 Å². The highest BCUT2D eigenvalue weighted by Gasteiger charge is 2.16. The van der Waals surface area contributed by atoms with Crippen LogP contribution < -0.4 is 20.8 Å². The van der Waals surface area contributed by atoms with Gasteiger partial charge >= 0.3 is 0 Å². The number of hydrazone groups is 1. The van der Waals surface area contributed by atoms with Gasteiger partial charge in [0.05, 0.1) is 11.4 Å². The molecule has 0 spiro atoms. The third-order valence-electron chi connectivity index (χ3n) is 2.58. The predicted molar refractivity (Wildman–Crippen MR) is 77.6 cm³/mol. The Hall–Kier alpha value is -2.15. The number of rotatable bonds is 2. The third kappa shape index (κ3) is 3.19. The molecule has 0 fully saturated rings. The summed E-state index contributed by atoms with van der Waals surface area (Å²) in [5, 5.41) is 10.1. The van der Waals surface area contributed by atoms with Gasteiger partial charge in [0, 0.05) is 7.05 Å².